The second-order valence-corrected chi connectivity index (χ2v) is 10.9. The highest BCUT2D eigenvalue weighted by Crippen LogP contribution is 2.31. The van der Waals surface area contributed by atoms with Gasteiger partial charge in [-0.2, -0.15) is 5.26 Å². The van der Waals surface area contributed by atoms with Crippen LogP contribution in [0.25, 0.3) is 16.7 Å². The van der Waals surface area contributed by atoms with Crippen molar-refractivity contribution in [2.75, 3.05) is 17.5 Å². The maximum Gasteiger partial charge on any atom is 0.326 e. The predicted molar refractivity (Wildman–Crippen MR) is 143 cm³/mol. The van der Waals surface area contributed by atoms with Crippen LogP contribution in [-0.4, -0.2) is 37.1 Å². The van der Waals surface area contributed by atoms with E-state index in [4.69, 9.17) is 27.9 Å². The lowest BCUT2D eigenvalue weighted by Crippen LogP contribution is -2.36. The lowest BCUT2D eigenvalue weighted by molar-refractivity contribution is -0.141. The first-order valence-electron chi connectivity index (χ1n) is 11.3. The maximum atomic E-state index is 13.7. The molecule has 0 aliphatic rings. The molecule has 11 heteroatoms. The number of hydrogen-bond donors (Lipinski definition) is 0. The van der Waals surface area contributed by atoms with Gasteiger partial charge in [0.15, 0.2) is 0 Å². The first kappa shape index (κ1) is 26.5. The fourth-order valence-corrected chi connectivity index (χ4v) is 5.85. The molecule has 190 valence electrons. The number of rotatable bonds is 9. The van der Waals surface area contributed by atoms with Crippen LogP contribution in [0.15, 0.2) is 71.9 Å². The molecular weight excluding hydrogens is 535 g/mol. The molecule has 0 radical (unpaired) electrons. The zero-order chi connectivity index (χ0) is 26.6. The van der Waals surface area contributed by atoms with Crippen molar-refractivity contribution < 1.29 is 17.9 Å². The Kier molecular flexibility index (Phi) is 8.03. The highest BCUT2D eigenvalue weighted by Gasteiger charge is 2.29. The average Bonchev–Trinajstić information content (AvgIpc) is 3.30. The highest BCUT2D eigenvalue weighted by molar-refractivity contribution is 7.92. The Balaban J connectivity index is 1.77. The minimum absolute atomic E-state index is 0.149. The number of carbonyl (C=O) groups is 1. The summed E-state index contributed by atoms with van der Waals surface area (Å²) in [7, 11) is -4.24. The lowest BCUT2D eigenvalue weighted by atomic mass is 10.2. The Bertz CT molecular complexity index is 1590. The number of anilines is 1. The second-order valence-electron chi connectivity index (χ2n) is 8.13. The van der Waals surface area contributed by atoms with Crippen LogP contribution in [0, 0.1) is 11.3 Å². The topological polar surface area (TPSA) is 105 Å². The molecule has 2 heterocycles. The standard InChI is InChI=1S/C26H22Cl2N4O4S/c1-2-3-10-36-26(33)17-32(37(34,35)23-14-20(27)13-21(28)15-23)22-4-5-24-19(12-22)7-9-31(24)25-11-18(16-29)6-8-30-25/h4-9,11-15H,2-3,10,17H2,1H3. The molecule has 0 spiro atoms. The number of benzene rings is 2. The van der Waals surface area contributed by atoms with Crippen LogP contribution < -0.4 is 4.31 Å². The third-order valence-corrected chi connectivity index (χ3v) is 7.73. The summed E-state index contributed by atoms with van der Waals surface area (Å²) in [4.78, 5) is 16.8. The first-order valence-corrected chi connectivity index (χ1v) is 13.5. The number of ether oxygens (including phenoxy) is 1. The minimum Gasteiger partial charge on any atom is -0.464 e. The number of carbonyl (C=O) groups excluding carboxylic acids is 1. The summed E-state index contributed by atoms with van der Waals surface area (Å²) >= 11 is 12.1. The molecule has 0 aliphatic heterocycles. The van der Waals surface area contributed by atoms with Crippen LogP contribution in [-0.2, 0) is 19.6 Å². The van der Waals surface area contributed by atoms with Gasteiger partial charge >= 0.3 is 5.97 Å². The summed E-state index contributed by atoms with van der Waals surface area (Å²) < 4.78 is 35.4. The van der Waals surface area contributed by atoms with Gasteiger partial charge in [0, 0.05) is 27.8 Å². The van der Waals surface area contributed by atoms with E-state index >= 15 is 0 Å². The van der Waals surface area contributed by atoms with Gasteiger partial charge in [0.25, 0.3) is 10.0 Å². The van der Waals surface area contributed by atoms with Gasteiger partial charge in [-0.1, -0.05) is 36.5 Å². The van der Waals surface area contributed by atoms with E-state index in [0.717, 1.165) is 16.2 Å². The van der Waals surface area contributed by atoms with Gasteiger partial charge < -0.3 is 9.30 Å². The van der Waals surface area contributed by atoms with E-state index in [-0.39, 0.29) is 27.2 Å². The van der Waals surface area contributed by atoms with Crippen LogP contribution >= 0.6 is 23.2 Å². The van der Waals surface area contributed by atoms with Crippen LogP contribution in [0.2, 0.25) is 10.0 Å². The molecule has 0 atom stereocenters. The Labute approximate surface area is 224 Å². The Morgan fingerprint density at radius 3 is 2.57 bits per heavy atom. The average molecular weight is 557 g/mol. The zero-order valence-corrected chi connectivity index (χ0v) is 22.1. The van der Waals surface area contributed by atoms with Gasteiger partial charge in [-0.25, -0.2) is 13.4 Å². The molecule has 8 nitrogen and oxygen atoms in total. The summed E-state index contributed by atoms with van der Waals surface area (Å²) in [6.45, 7) is 1.62. The van der Waals surface area contributed by atoms with Gasteiger partial charge in [0.2, 0.25) is 0 Å². The molecule has 2 aromatic heterocycles. The fourth-order valence-electron chi connectivity index (χ4n) is 3.72. The van der Waals surface area contributed by atoms with Crippen molar-refractivity contribution in [2.45, 2.75) is 24.7 Å². The second kappa shape index (κ2) is 11.2. The molecule has 4 rings (SSSR count). The Hall–Kier alpha value is -3.58. The number of unbranched alkanes of at least 4 members (excludes halogenated alkanes) is 1. The molecule has 0 aliphatic carbocycles. The van der Waals surface area contributed by atoms with Gasteiger partial charge in [0.05, 0.1) is 34.3 Å². The van der Waals surface area contributed by atoms with Crippen molar-refractivity contribution in [3.8, 4) is 11.9 Å². The highest BCUT2D eigenvalue weighted by atomic mass is 35.5. The summed E-state index contributed by atoms with van der Waals surface area (Å²) in [5, 5.41) is 10.2. The van der Waals surface area contributed by atoms with Crippen LogP contribution in [0.5, 0.6) is 0 Å². The number of aromatic nitrogens is 2. The van der Waals surface area contributed by atoms with Gasteiger partial charge in [-0.05, 0) is 61.0 Å². The van der Waals surface area contributed by atoms with Crippen LogP contribution in [0.1, 0.15) is 25.3 Å². The summed E-state index contributed by atoms with van der Waals surface area (Å²) in [6.07, 6.45) is 4.81. The Morgan fingerprint density at radius 1 is 1.11 bits per heavy atom. The minimum atomic E-state index is -4.24. The van der Waals surface area contributed by atoms with Crippen molar-refractivity contribution in [3.63, 3.8) is 0 Å². The van der Waals surface area contributed by atoms with E-state index < -0.39 is 22.5 Å². The molecule has 0 amide bonds. The maximum absolute atomic E-state index is 13.7. The molecule has 2 aromatic carbocycles. The number of pyridine rings is 1. The largest absolute Gasteiger partial charge is 0.464 e. The lowest BCUT2D eigenvalue weighted by Gasteiger charge is -2.24. The monoisotopic (exact) mass is 556 g/mol. The molecular formula is C26H22Cl2N4O4S. The fraction of sp³-hybridized carbons (Fsp3) is 0.192. The van der Waals surface area contributed by atoms with Crippen LogP contribution in [0.3, 0.4) is 0 Å². The Morgan fingerprint density at radius 2 is 1.86 bits per heavy atom. The summed E-state index contributed by atoms with van der Waals surface area (Å²) in [5.74, 6) is -0.139. The molecule has 0 saturated carbocycles. The number of nitriles is 1. The van der Waals surface area contributed by atoms with Crippen molar-refractivity contribution in [3.05, 3.63) is 82.6 Å². The van der Waals surface area contributed by atoms with E-state index in [1.54, 1.807) is 53.4 Å². The van der Waals surface area contributed by atoms with E-state index in [1.807, 2.05) is 6.92 Å². The number of fused-ring (bicyclic) bond motifs is 1. The summed E-state index contributed by atoms with van der Waals surface area (Å²) in [6, 6.07) is 16.1. The molecule has 0 N–H and O–H groups in total. The number of sulfonamides is 1. The van der Waals surface area contributed by atoms with E-state index in [9.17, 15) is 18.5 Å². The quantitative estimate of drug-likeness (QED) is 0.192. The third-order valence-electron chi connectivity index (χ3n) is 5.54. The van der Waals surface area contributed by atoms with Crippen molar-refractivity contribution in [2.24, 2.45) is 0 Å². The molecule has 0 fully saturated rings. The van der Waals surface area contributed by atoms with Crippen LogP contribution in [0.4, 0.5) is 5.69 Å². The molecule has 37 heavy (non-hydrogen) atoms. The predicted octanol–water partition coefficient (Wildman–Crippen LogP) is 5.74. The normalized spacial score (nSPS) is 11.3. The number of esters is 1. The van der Waals surface area contributed by atoms with Crippen molar-refractivity contribution in [1.29, 1.82) is 5.26 Å². The first-order chi connectivity index (χ1) is 17.7. The summed E-state index contributed by atoms with van der Waals surface area (Å²) in [5.41, 5.74) is 1.45. The van der Waals surface area contributed by atoms with E-state index in [0.29, 0.717) is 23.2 Å². The molecule has 0 bridgehead atoms. The van der Waals surface area contributed by atoms with Crippen molar-refractivity contribution in [1.82, 2.24) is 9.55 Å². The smallest absolute Gasteiger partial charge is 0.326 e. The van der Waals surface area contributed by atoms with Gasteiger partial charge in [-0.3, -0.25) is 9.10 Å². The van der Waals surface area contributed by atoms with E-state index in [1.165, 1.54) is 18.2 Å². The number of halogens is 2. The van der Waals surface area contributed by atoms with Crippen molar-refractivity contribution >= 4 is 55.8 Å². The zero-order valence-electron chi connectivity index (χ0n) is 19.8. The van der Waals surface area contributed by atoms with Gasteiger partial charge in [0.1, 0.15) is 12.4 Å². The van der Waals surface area contributed by atoms with Gasteiger partial charge in [-0.15, -0.1) is 0 Å². The van der Waals surface area contributed by atoms with E-state index in [2.05, 4.69) is 11.1 Å². The third kappa shape index (κ3) is 5.88. The molecule has 0 saturated heterocycles. The molecule has 0 unspecified atom stereocenters. The number of nitrogens with zero attached hydrogens (tertiary/aromatic N) is 4. The SMILES string of the molecule is CCCCOC(=O)CN(c1ccc2c(ccn2-c2cc(C#N)ccn2)c1)S(=O)(=O)c1cc(Cl)cc(Cl)c1. The number of hydrogen-bond acceptors (Lipinski definition) is 6. The molecule has 4 aromatic rings.